The van der Waals surface area contributed by atoms with Crippen molar-refractivity contribution in [3.05, 3.63) is 130 Å². The number of halogens is 2. The molecule has 2 heterocycles. The van der Waals surface area contributed by atoms with Gasteiger partial charge in [0.2, 0.25) is 17.7 Å². The van der Waals surface area contributed by atoms with E-state index < -0.39 is 11.4 Å². The van der Waals surface area contributed by atoms with Crippen LogP contribution < -0.4 is 16.0 Å². The number of carboxylic acid groups (broad SMARTS) is 1. The minimum atomic E-state index is -0.718. The van der Waals surface area contributed by atoms with Gasteiger partial charge in [0.1, 0.15) is 0 Å². The first kappa shape index (κ1) is 45.4. The van der Waals surface area contributed by atoms with E-state index in [0.717, 1.165) is 106 Å². The predicted molar refractivity (Wildman–Crippen MR) is 238 cm³/mol. The number of nitrogens with zero attached hydrogens (tertiary/aromatic N) is 1. The molecular formula is C48H58Cl2N4O5. The molecule has 2 aliphatic heterocycles. The lowest BCUT2D eigenvalue weighted by atomic mass is 9.62. The Labute approximate surface area is 359 Å². The van der Waals surface area contributed by atoms with Crippen LogP contribution in [0, 0.1) is 11.8 Å². The van der Waals surface area contributed by atoms with Gasteiger partial charge in [0, 0.05) is 46.5 Å². The van der Waals surface area contributed by atoms with Gasteiger partial charge in [0.15, 0.2) is 0 Å². The fourth-order valence-electron chi connectivity index (χ4n) is 8.47. The second kappa shape index (κ2) is 21.5. The van der Waals surface area contributed by atoms with Gasteiger partial charge in [-0.25, -0.2) is 0 Å². The van der Waals surface area contributed by atoms with E-state index in [4.69, 9.17) is 28.3 Å². The van der Waals surface area contributed by atoms with Gasteiger partial charge in [-0.1, -0.05) is 104 Å². The molecule has 2 aliphatic carbocycles. The number of hydrogen-bond donors (Lipinski definition) is 4. The maximum absolute atomic E-state index is 13.5. The van der Waals surface area contributed by atoms with Crippen LogP contribution in [0.5, 0.6) is 0 Å². The van der Waals surface area contributed by atoms with Crippen LogP contribution in [-0.2, 0) is 30.0 Å². The fraction of sp³-hybridized carbons (Fsp3) is 0.417. The summed E-state index contributed by atoms with van der Waals surface area (Å²) in [5, 5.41) is 19.4. The van der Waals surface area contributed by atoms with Crippen LogP contribution in [0.4, 0.5) is 11.4 Å². The van der Waals surface area contributed by atoms with Crippen molar-refractivity contribution >= 4 is 58.3 Å². The van der Waals surface area contributed by atoms with E-state index in [2.05, 4.69) is 16.0 Å². The number of likely N-dealkylation sites (tertiary alicyclic amines) is 1. The molecule has 2 atom stereocenters. The summed E-state index contributed by atoms with van der Waals surface area (Å²) >= 11 is 11.8. The van der Waals surface area contributed by atoms with Gasteiger partial charge in [-0.2, -0.15) is 0 Å². The van der Waals surface area contributed by atoms with Crippen molar-refractivity contribution in [1.82, 2.24) is 10.2 Å². The van der Waals surface area contributed by atoms with Crippen molar-refractivity contribution in [1.29, 1.82) is 0 Å². The second-order valence-electron chi connectivity index (χ2n) is 16.0. The van der Waals surface area contributed by atoms with Crippen molar-refractivity contribution in [2.45, 2.75) is 88.9 Å². The first-order chi connectivity index (χ1) is 28.1. The topological polar surface area (TPSA) is 128 Å². The molecule has 4 N–H and O–H groups in total. The summed E-state index contributed by atoms with van der Waals surface area (Å²) in [7, 11) is 0. The van der Waals surface area contributed by atoms with Gasteiger partial charge in [-0.15, -0.1) is 0 Å². The Bertz CT molecular complexity index is 1960. The normalized spacial score (nSPS) is 19.9. The van der Waals surface area contributed by atoms with E-state index in [1.54, 1.807) is 0 Å². The molecular weight excluding hydrogens is 783 g/mol. The number of hydrogen-bond acceptors (Lipinski definition) is 5. The van der Waals surface area contributed by atoms with Crippen LogP contribution in [0.2, 0.25) is 10.0 Å². The number of carboxylic acids is 1. The van der Waals surface area contributed by atoms with Crippen molar-refractivity contribution in [2.75, 3.05) is 36.8 Å². The first-order valence-electron chi connectivity index (χ1n) is 20.5. The Morgan fingerprint density at radius 3 is 1.63 bits per heavy atom. The second-order valence-corrected chi connectivity index (χ2v) is 16.9. The quantitative estimate of drug-likeness (QED) is 0.133. The Morgan fingerprint density at radius 2 is 1.17 bits per heavy atom. The molecule has 59 heavy (non-hydrogen) atoms. The zero-order valence-electron chi connectivity index (χ0n) is 32.9. The average molecular weight is 842 g/mol. The predicted octanol–water partition coefficient (Wildman–Crippen LogP) is 10.1. The molecule has 4 fully saturated rings. The third kappa shape index (κ3) is 12.0. The number of carbonyl (C=O) groups is 4. The number of piperidine rings is 2. The highest BCUT2D eigenvalue weighted by Gasteiger charge is 2.48. The summed E-state index contributed by atoms with van der Waals surface area (Å²) < 4.78 is 0. The summed E-state index contributed by atoms with van der Waals surface area (Å²) in [6.45, 7) is 3.06. The Kier molecular flexibility index (Phi) is 16.6. The molecule has 8 rings (SSSR count). The Hall–Kier alpha value is -4.70. The molecule has 3 amide bonds. The summed E-state index contributed by atoms with van der Waals surface area (Å²) in [6, 6.07) is 34.3. The van der Waals surface area contributed by atoms with E-state index in [-0.39, 0.29) is 48.8 Å². The number of nitrogens with one attached hydrogen (secondary N) is 3. The van der Waals surface area contributed by atoms with Gasteiger partial charge < -0.3 is 26.0 Å². The molecule has 4 aliphatic rings. The molecule has 4 aromatic rings. The number of carbonyl (C=O) groups excluding carboxylic acids is 3. The number of amides is 3. The fourth-order valence-corrected chi connectivity index (χ4v) is 8.73. The summed E-state index contributed by atoms with van der Waals surface area (Å²) in [6.07, 6.45) is 9.84. The summed E-state index contributed by atoms with van der Waals surface area (Å²) in [5.41, 5.74) is 3.27. The van der Waals surface area contributed by atoms with Gasteiger partial charge in [0.05, 0.1) is 23.7 Å². The molecule has 314 valence electrons. The standard InChI is InChI=1S/C23H25ClN2O2.C12H13ClO2.C12H16N2O.CH4/c24-19-11-9-18(10-12-19)23(13-5-14-23)22(28)26-15-4-6-17(16-26)21(27)25-20-7-2-1-3-8-20;13-10-4-2-9(3-5-10)12(6-1-7-12)8-11(14)15;15-12(10-5-4-8-13-9-10)14-11-6-2-1-3-7-11;/h1-3,7-12,17H,4-6,13-16H2,(H,25,27);2-5H,1,6-8H2,(H,14,15);1-3,6-7,10,13H,4-5,8-9H2,(H,14,15);1H4/t17-;;10-;/m1.1./s1. The van der Waals surface area contributed by atoms with Crippen molar-refractivity contribution in [2.24, 2.45) is 11.8 Å². The lowest BCUT2D eigenvalue weighted by Crippen LogP contribution is -2.54. The lowest BCUT2D eigenvalue weighted by molar-refractivity contribution is -0.144. The van der Waals surface area contributed by atoms with Crippen molar-refractivity contribution in [3.63, 3.8) is 0 Å². The maximum atomic E-state index is 13.5. The average Bonchev–Trinajstić information content (AvgIpc) is 3.21. The van der Waals surface area contributed by atoms with Crippen LogP contribution in [0.25, 0.3) is 0 Å². The van der Waals surface area contributed by atoms with Crippen LogP contribution >= 0.6 is 23.2 Å². The first-order valence-corrected chi connectivity index (χ1v) is 21.3. The van der Waals surface area contributed by atoms with Crippen molar-refractivity contribution < 1.29 is 24.3 Å². The molecule has 2 saturated heterocycles. The van der Waals surface area contributed by atoms with E-state index in [0.29, 0.717) is 16.6 Å². The highest BCUT2D eigenvalue weighted by Crippen LogP contribution is 2.47. The van der Waals surface area contributed by atoms with Crippen LogP contribution in [-0.4, -0.2) is 59.9 Å². The van der Waals surface area contributed by atoms with E-state index in [1.807, 2.05) is 114 Å². The number of anilines is 2. The minimum absolute atomic E-state index is 0. The van der Waals surface area contributed by atoms with E-state index >= 15 is 0 Å². The zero-order chi connectivity index (χ0) is 41.0. The highest BCUT2D eigenvalue weighted by molar-refractivity contribution is 6.30. The number of aliphatic carboxylic acids is 1. The van der Waals surface area contributed by atoms with E-state index in [1.165, 1.54) is 0 Å². The molecule has 4 aromatic carbocycles. The monoisotopic (exact) mass is 840 g/mol. The molecule has 0 radical (unpaired) electrons. The van der Waals surface area contributed by atoms with Crippen molar-refractivity contribution in [3.8, 4) is 0 Å². The molecule has 0 aromatic heterocycles. The third-order valence-corrected chi connectivity index (χ3v) is 12.6. The molecule has 0 unspecified atom stereocenters. The Morgan fingerprint density at radius 1 is 0.661 bits per heavy atom. The van der Waals surface area contributed by atoms with Gasteiger partial charge in [0.25, 0.3) is 0 Å². The molecule has 9 nitrogen and oxygen atoms in total. The number of benzene rings is 4. The smallest absolute Gasteiger partial charge is 0.304 e. The van der Waals surface area contributed by atoms with E-state index in [9.17, 15) is 19.2 Å². The molecule has 0 bridgehead atoms. The van der Waals surface area contributed by atoms with Gasteiger partial charge >= 0.3 is 5.97 Å². The Balaban J connectivity index is 0.000000181. The summed E-state index contributed by atoms with van der Waals surface area (Å²) in [5.74, 6) is -0.464. The van der Waals surface area contributed by atoms with Gasteiger partial charge in [-0.05, 0) is 118 Å². The third-order valence-electron chi connectivity index (χ3n) is 12.1. The highest BCUT2D eigenvalue weighted by atomic mass is 35.5. The number of para-hydroxylation sites is 2. The lowest BCUT2D eigenvalue weighted by Gasteiger charge is -2.45. The van der Waals surface area contributed by atoms with Crippen LogP contribution in [0.3, 0.4) is 0 Å². The zero-order valence-corrected chi connectivity index (χ0v) is 34.4. The van der Waals surface area contributed by atoms with Crippen LogP contribution in [0.1, 0.15) is 89.2 Å². The van der Waals surface area contributed by atoms with Crippen LogP contribution in [0.15, 0.2) is 109 Å². The van der Waals surface area contributed by atoms with Gasteiger partial charge in [-0.3, -0.25) is 19.2 Å². The summed E-state index contributed by atoms with van der Waals surface area (Å²) in [4.78, 5) is 50.7. The minimum Gasteiger partial charge on any atom is -0.481 e. The molecule has 0 spiro atoms. The SMILES string of the molecule is C.O=C(Nc1ccccc1)[C@@H]1CCCN(C(=O)C2(c3ccc(Cl)cc3)CCC2)C1.O=C(Nc1ccccc1)[C@@H]1CCCNC1.O=C(O)CC1(c2ccc(Cl)cc2)CCC1. The largest absolute Gasteiger partial charge is 0.481 e. The maximum Gasteiger partial charge on any atom is 0.304 e. The molecule has 2 saturated carbocycles. The number of rotatable bonds is 9. The molecule has 11 heteroatoms.